The van der Waals surface area contributed by atoms with Crippen LogP contribution in [-0.4, -0.2) is 23.6 Å². The summed E-state index contributed by atoms with van der Waals surface area (Å²) in [5, 5.41) is 11.8. The first-order chi connectivity index (χ1) is 13.5. The number of halogens is 1. The lowest BCUT2D eigenvalue weighted by Gasteiger charge is -2.13. The van der Waals surface area contributed by atoms with Crippen molar-refractivity contribution in [1.82, 2.24) is 0 Å². The first kappa shape index (κ1) is 19.6. The van der Waals surface area contributed by atoms with Crippen LogP contribution in [0.4, 0.5) is 5.69 Å². The highest BCUT2D eigenvalue weighted by Crippen LogP contribution is 2.25. The molecule has 1 amide bonds. The van der Waals surface area contributed by atoms with Gasteiger partial charge in [0, 0.05) is 16.6 Å². The van der Waals surface area contributed by atoms with Crippen molar-refractivity contribution in [2.75, 3.05) is 11.9 Å². The SMILES string of the molecule is O=C(O)c1cccc(NC(=O)c2cc(Br)ccc2OCCc2ccccc2)c1. The molecule has 0 saturated carbocycles. The number of amides is 1. The Hall–Kier alpha value is -3.12. The lowest BCUT2D eigenvalue weighted by Crippen LogP contribution is -2.15. The number of carboxylic acid groups (broad SMARTS) is 1. The molecule has 3 aromatic carbocycles. The molecule has 0 bridgehead atoms. The van der Waals surface area contributed by atoms with Crippen LogP contribution in [0.3, 0.4) is 0 Å². The molecule has 0 spiro atoms. The summed E-state index contributed by atoms with van der Waals surface area (Å²) in [4.78, 5) is 23.8. The Labute approximate surface area is 171 Å². The average molecular weight is 440 g/mol. The fourth-order valence-electron chi connectivity index (χ4n) is 2.66. The van der Waals surface area contributed by atoms with Crippen LogP contribution >= 0.6 is 15.9 Å². The van der Waals surface area contributed by atoms with Crippen LogP contribution in [0, 0.1) is 0 Å². The first-order valence-corrected chi connectivity index (χ1v) is 9.43. The van der Waals surface area contributed by atoms with E-state index in [2.05, 4.69) is 21.2 Å². The predicted molar refractivity (Wildman–Crippen MR) is 111 cm³/mol. The zero-order valence-electron chi connectivity index (χ0n) is 14.9. The summed E-state index contributed by atoms with van der Waals surface area (Å²) in [7, 11) is 0. The topological polar surface area (TPSA) is 75.6 Å². The molecule has 0 aromatic heterocycles. The second-order valence-corrected chi connectivity index (χ2v) is 6.98. The minimum absolute atomic E-state index is 0.103. The third-order valence-corrected chi connectivity index (χ3v) is 4.54. The first-order valence-electron chi connectivity index (χ1n) is 8.64. The summed E-state index contributed by atoms with van der Waals surface area (Å²) in [6, 6.07) is 21.3. The average Bonchev–Trinajstić information content (AvgIpc) is 2.70. The number of anilines is 1. The van der Waals surface area contributed by atoms with E-state index >= 15 is 0 Å². The standard InChI is InChI=1S/C22H18BrNO4/c23-17-9-10-20(28-12-11-15-5-2-1-3-6-15)19(14-17)21(25)24-18-8-4-7-16(13-18)22(26)27/h1-10,13-14H,11-12H2,(H,24,25)(H,26,27). The fraction of sp³-hybridized carbons (Fsp3) is 0.0909. The summed E-state index contributed by atoms with van der Waals surface area (Å²) in [5.41, 5.74) is 2.02. The molecule has 0 unspecified atom stereocenters. The number of carbonyl (C=O) groups is 2. The monoisotopic (exact) mass is 439 g/mol. The van der Waals surface area contributed by atoms with E-state index in [-0.39, 0.29) is 11.5 Å². The van der Waals surface area contributed by atoms with Gasteiger partial charge in [-0.05, 0) is 42.0 Å². The second-order valence-electron chi connectivity index (χ2n) is 6.06. The van der Waals surface area contributed by atoms with Gasteiger partial charge in [0.2, 0.25) is 0 Å². The van der Waals surface area contributed by atoms with Gasteiger partial charge in [0.1, 0.15) is 5.75 Å². The fourth-order valence-corrected chi connectivity index (χ4v) is 3.02. The highest BCUT2D eigenvalue weighted by molar-refractivity contribution is 9.10. The molecule has 3 rings (SSSR count). The van der Waals surface area contributed by atoms with Crippen molar-refractivity contribution in [3.05, 3.63) is 94.0 Å². The summed E-state index contributed by atoms with van der Waals surface area (Å²) in [5.74, 6) is -0.965. The van der Waals surface area contributed by atoms with Gasteiger partial charge >= 0.3 is 5.97 Å². The Morgan fingerprint density at radius 3 is 2.50 bits per heavy atom. The van der Waals surface area contributed by atoms with E-state index in [1.165, 1.54) is 12.1 Å². The second kappa shape index (κ2) is 9.19. The van der Waals surface area contributed by atoms with E-state index in [4.69, 9.17) is 9.84 Å². The Kier molecular flexibility index (Phi) is 6.45. The highest BCUT2D eigenvalue weighted by Gasteiger charge is 2.15. The van der Waals surface area contributed by atoms with Crippen LogP contribution in [0.15, 0.2) is 77.3 Å². The van der Waals surface area contributed by atoms with E-state index in [0.29, 0.717) is 23.6 Å². The third kappa shape index (κ3) is 5.20. The summed E-state index contributed by atoms with van der Waals surface area (Å²) >= 11 is 3.37. The van der Waals surface area contributed by atoms with Crippen molar-refractivity contribution in [1.29, 1.82) is 0 Å². The number of carboxylic acids is 1. The maximum Gasteiger partial charge on any atom is 0.335 e. The molecule has 0 aliphatic rings. The Morgan fingerprint density at radius 1 is 0.964 bits per heavy atom. The molecule has 0 saturated heterocycles. The van der Waals surface area contributed by atoms with Gasteiger partial charge < -0.3 is 15.2 Å². The Bertz CT molecular complexity index is 989. The predicted octanol–water partition coefficient (Wildman–Crippen LogP) is 5.02. The molecule has 0 atom stereocenters. The van der Waals surface area contributed by atoms with Crippen molar-refractivity contribution < 1.29 is 19.4 Å². The minimum Gasteiger partial charge on any atom is -0.492 e. The van der Waals surface area contributed by atoms with E-state index in [9.17, 15) is 9.59 Å². The number of ether oxygens (including phenoxy) is 1. The lowest BCUT2D eigenvalue weighted by molar-refractivity contribution is 0.0696. The van der Waals surface area contributed by atoms with Gasteiger partial charge in [-0.2, -0.15) is 0 Å². The number of hydrogen-bond donors (Lipinski definition) is 2. The molecule has 0 fully saturated rings. The van der Waals surface area contributed by atoms with Gasteiger partial charge in [-0.15, -0.1) is 0 Å². The maximum atomic E-state index is 12.7. The van der Waals surface area contributed by atoms with Crippen LogP contribution in [-0.2, 0) is 6.42 Å². The Morgan fingerprint density at radius 2 is 1.75 bits per heavy atom. The number of benzene rings is 3. The van der Waals surface area contributed by atoms with Gasteiger partial charge in [0.15, 0.2) is 0 Å². The number of hydrogen-bond acceptors (Lipinski definition) is 3. The summed E-state index contributed by atoms with van der Waals surface area (Å²) in [6.07, 6.45) is 0.721. The van der Waals surface area contributed by atoms with Gasteiger partial charge in [0.25, 0.3) is 5.91 Å². The van der Waals surface area contributed by atoms with E-state index in [1.807, 2.05) is 30.3 Å². The Balaban J connectivity index is 1.73. The van der Waals surface area contributed by atoms with Gasteiger partial charge in [-0.3, -0.25) is 4.79 Å². The summed E-state index contributed by atoms with van der Waals surface area (Å²) in [6.45, 7) is 0.431. The summed E-state index contributed by atoms with van der Waals surface area (Å²) < 4.78 is 6.58. The quantitative estimate of drug-likeness (QED) is 0.541. The minimum atomic E-state index is -1.05. The molecule has 28 heavy (non-hydrogen) atoms. The van der Waals surface area contributed by atoms with Crippen molar-refractivity contribution >= 4 is 33.5 Å². The third-order valence-electron chi connectivity index (χ3n) is 4.04. The normalized spacial score (nSPS) is 10.3. The molecule has 3 aromatic rings. The highest BCUT2D eigenvalue weighted by atomic mass is 79.9. The number of aromatic carboxylic acids is 1. The molecule has 5 nitrogen and oxygen atoms in total. The molecule has 6 heteroatoms. The molecule has 142 valence electrons. The van der Waals surface area contributed by atoms with E-state index < -0.39 is 5.97 Å². The molecule has 0 heterocycles. The van der Waals surface area contributed by atoms with E-state index in [0.717, 1.165) is 16.5 Å². The van der Waals surface area contributed by atoms with Crippen LogP contribution in [0.25, 0.3) is 0 Å². The largest absolute Gasteiger partial charge is 0.492 e. The molecule has 2 N–H and O–H groups in total. The van der Waals surface area contributed by atoms with Crippen LogP contribution in [0.1, 0.15) is 26.3 Å². The van der Waals surface area contributed by atoms with Crippen molar-refractivity contribution in [2.45, 2.75) is 6.42 Å². The smallest absolute Gasteiger partial charge is 0.335 e. The number of nitrogens with one attached hydrogen (secondary N) is 1. The van der Waals surface area contributed by atoms with Crippen molar-refractivity contribution in [3.8, 4) is 5.75 Å². The van der Waals surface area contributed by atoms with Crippen molar-refractivity contribution in [2.24, 2.45) is 0 Å². The van der Waals surface area contributed by atoms with Crippen LogP contribution in [0.2, 0.25) is 0 Å². The molecular weight excluding hydrogens is 422 g/mol. The molecule has 0 aliphatic heterocycles. The van der Waals surface area contributed by atoms with Crippen molar-refractivity contribution in [3.63, 3.8) is 0 Å². The number of carbonyl (C=O) groups excluding carboxylic acids is 1. The lowest BCUT2D eigenvalue weighted by atomic mass is 10.1. The molecule has 0 aliphatic carbocycles. The van der Waals surface area contributed by atoms with Gasteiger partial charge in [0.05, 0.1) is 17.7 Å². The van der Waals surface area contributed by atoms with Gasteiger partial charge in [-0.25, -0.2) is 4.79 Å². The van der Waals surface area contributed by atoms with Gasteiger partial charge in [-0.1, -0.05) is 52.3 Å². The maximum absolute atomic E-state index is 12.7. The van der Waals surface area contributed by atoms with Crippen LogP contribution in [0.5, 0.6) is 5.75 Å². The van der Waals surface area contributed by atoms with E-state index in [1.54, 1.807) is 30.3 Å². The van der Waals surface area contributed by atoms with Crippen LogP contribution < -0.4 is 10.1 Å². The zero-order chi connectivity index (χ0) is 19.9. The number of rotatable bonds is 7. The molecular formula is C22H18BrNO4. The molecule has 0 radical (unpaired) electrons. The zero-order valence-corrected chi connectivity index (χ0v) is 16.5.